The zero-order valence-corrected chi connectivity index (χ0v) is 14.8. The predicted octanol–water partition coefficient (Wildman–Crippen LogP) is 3.64. The molecule has 2 N–H and O–H groups in total. The van der Waals surface area contributed by atoms with Gasteiger partial charge in [0.25, 0.3) is 5.91 Å². The smallest absolute Gasteiger partial charge is 0.258 e. The highest BCUT2D eigenvalue weighted by atomic mass is 35.5. The van der Waals surface area contributed by atoms with Gasteiger partial charge in [0.05, 0.1) is 12.0 Å². The number of hydrogen-bond donors (Lipinski definition) is 1. The van der Waals surface area contributed by atoms with Crippen LogP contribution in [0.25, 0.3) is 0 Å². The van der Waals surface area contributed by atoms with Crippen molar-refractivity contribution in [3.8, 4) is 5.75 Å². The predicted molar refractivity (Wildman–Crippen MR) is 99.2 cm³/mol. The lowest BCUT2D eigenvalue weighted by Gasteiger charge is -2.29. The van der Waals surface area contributed by atoms with Crippen LogP contribution in [0, 0.1) is 5.82 Å². The average molecular weight is 381 g/mol. The second-order valence-corrected chi connectivity index (χ2v) is 5.74. The number of fused-ring (bicyclic) bond motifs is 1. The number of hydrogen-bond acceptors (Lipinski definition) is 3. The number of rotatable bonds is 5. The minimum atomic E-state index is -0.424. The van der Waals surface area contributed by atoms with E-state index >= 15 is 0 Å². The summed E-state index contributed by atoms with van der Waals surface area (Å²) in [5.41, 5.74) is 7.36. The number of benzene rings is 2. The summed E-state index contributed by atoms with van der Waals surface area (Å²) in [7, 11) is 0. The fraction of sp³-hybridized carbons (Fsp3) is 0.211. The van der Waals surface area contributed by atoms with Crippen molar-refractivity contribution in [3.63, 3.8) is 0 Å². The Labute approximate surface area is 156 Å². The Kier molecular flexibility index (Phi) is 6.71. The molecule has 0 saturated carbocycles. The van der Waals surface area contributed by atoms with Crippen LogP contribution in [0.4, 0.5) is 14.5 Å². The molecule has 0 fully saturated rings. The van der Waals surface area contributed by atoms with E-state index in [4.69, 9.17) is 10.5 Å². The molecule has 0 saturated heterocycles. The van der Waals surface area contributed by atoms with Gasteiger partial charge in [0.15, 0.2) is 0 Å². The maximum absolute atomic E-state index is 14.0. The third-order valence-electron chi connectivity index (χ3n) is 4.14. The lowest BCUT2D eigenvalue weighted by Crippen LogP contribution is -2.38. The van der Waals surface area contributed by atoms with E-state index in [1.807, 2.05) is 0 Å². The Morgan fingerprint density at radius 2 is 2.04 bits per heavy atom. The molecule has 1 aliphatic rings. The number of carbonyl (C=O) groups excluding carboxylic acids is 1. The first-order chi connectivity index (χ1) is 12.1. The summed E-state index contributed by atoms with van der Waals surface area (Å²) in [6.07, 6.45) is 1.02. The van der Waals surface area contributed by atoms with Crippen LogP contribution in [0.1, 0.15) is 15.9 Å². The molecule has 138 valence electrons. The van der Waals surface area contributed by atoms with Gasteiger partial charge in [-0.1, -0.05) is 12.1 Å². The molecule has 0 bridgehead atoms. The summed E-state index contributed by atoms with van der Waals surface area (Å²) in [5.74, 6) is -0.130. The highest BCUT2D eigenvalue weighted by Gasteiger charge is 2.27. The summed E-state index contributed by atoms with van der Waals surface area (Å²) >= 11 is 0. The highest BCUT2D eigenvalue weighted by Crippen LogP contribution is 2.28. The van der Waals surface area contributed by atoms with Gasteiger partial charge in [0.2, 0.25) is 0 Å². The van der Waals surface area contributed by atoms with E-state index < -0.39 is 5.82 Å². The van der Waals surface area contributed by atoms with Crippen LogP contribution in [0.2, 0.25) is 0 Å². The molecule has 7 heteroatoms. The van der Waals surface area contributed by atoms with Gasteiger partial charge in [-0.15, -0.1) is 12.4 Å². The lowest BCUT2D eigenvalue weighted by atomic mass is 9.98. The summed E-state index contributed by atoms with van der Waals surface area (Å²) in [6, 6.07) is 11.3. The Hall–Kier alpha value is -2.44. The van der Waals surface area contributed by atoms with Crippen molar-refractivity contribution in [2.24, 2.45) is 5.73 Å². The maximum Gasteiger partial charge on any atom is 0.258 e. The van der Waals surface area contributed by atoms with Gasteiger partial charge in [0, 0.05) is 24.2 Å². The van der Waals surface area contributed by atoms with Crippen LogP contribution in [0.15, 0.2) is 54.4 Å². The third-order valence-corrected chi connectivity index (χ3v) is 4.14. The quantitative estimate of drug-likeness (QED) is 0.861. The second kappa shape index (κ2) is 8.78. The van der Waals surface area contributed by atoms with Crippen molar-refractivity contribution in [1.82, 2.24) is 0 Å². The zero-order chi connectivity index (χ0) is 17.8. The van der Waals surface area contributed by atoms with Crippen LogP contribution < -0.4 is 15.4 Å². The Balaban J connectivity index is 0.00000243. The maximum atomic E-state index is 14.0. The molecule has 26 heavy (non-hydrogen) atoms. The number of ether oxygens (including phenoxy) is 1. The van der Waals surface area contributed by atoms with Crippen LogP contribution in [-0.2, 0) is 6.42 Å². The van der Waals surface area contributed by atoms with Crippen molar-refractivity contribution in [3.05, 3.63) is 71.3 Å². The van der Waals surface area contributed by atoms with E-state index in [1.54, 1.807) is 36.4 Å². The monoisotopic (exact) mass is 380 g/mol. The molecule has 4 nitrogen and oxygen atoms in total. The minimum absolute atomic E-state index is 0. The van der Waals surface area contributed by atoms with Crippen molar-refractivity contribution in [1.29, 1.82) is 0 Å². The highest BCUT2D eigenvalue weighted by molar-refractivity contribution is 6.08. The Morgan fingerprint density at radius 1 is 1.27 bits per heavy atom. The first-order valence-electron chi connectivity index (χ1n) is 7.94. The summed E-state index contributed by atoms with van der Waals surface area (Å²) in [4.78, 5) is 14.1. The fourth-order valence-electron chi connectivity index (χ4n) is 2.77. The molecule has 1 amide bonds. The van der Waals surface area contributed by atoms with Crippen LogP contribution in [-0.4, -0.2) is 25.6 Å². The van der Waals surface area contributed by atoms with Gasteiger partial charge in [-0.2, -0.15) is 0 Å². The van der Waals surface area contributed by atoms with E-state index in [-0.39, 0.29) is 37.2 Å². The molecule has 0 spiro atoms. The molecular formula is C19H19ClF2N2O2. The van der Waals surface area contributed by atoms with Gasteiger partial charge in [-0.25, -0.2) is 8.78 Å². The number of para-hydroxylation sites is 1. The molecule has 0 radical (unpaired) electrons. The molecule has 0 aromatic heterocycles. The summed E-state index contributed by atoms with van der Waals surface area (Å²) < 4.78 is 32.0. The van der Waals surface area contributed by atoms with E-state index in [0.29, 0.717) is 36.2 Å². The fourth-order valence-corrected chi connectivity index (χ4v) is 2.77. The molecular weight excluding hydrogens is 362 g/mol. The normalized spacial score (nSPS) is 13.9. The first kappa shape index (κ1) is 19.9. The first-order valence-corrected chi connectivity index (χ1v) is 7.94. The minimum Gasteiger partial charge on any atom is -0.489 e. The van der Waals surface area contributed by atoms with Crippen LogP contribution in [0.3, 0.4) is 0 Å². The van der Waals surface area contributed by atoms with Crippen LogP contribution in [0.5, 0.6) is 5.75 Å². The SMILES string of the molecule is Cl.NC/C(=C\F)COc1ccc2c(c1)CCN(c1ccccc1F)C2=O. The third kappa shape index (κ3) is 4.03. The molecule has 0 atom stereocenters. The Morgan fingerprint density at radius 3 is 2.73 bits per heavy atom. The number of carbonyl (C=O) groups is 1. The van der Waals surface area contributed by atoms with Crippen molar-refractivity contribution in [2.75, 3.05) is 24.6 Å². The van der Waals surface area contributed by atoms with Crippen molar-refractivity contribution >= 4 is 24.0 Å². The van der Waals surface area contributed by atoms with E-state index in [1.165, 1.54) is 11.0 Å². The van der Waals surface area contributed by atoms with Crippen molar-refractivity contribution in [2.45, 2.75) is 6.42 Å². The van der Waals surface area contributed by atoms with Crippen molar-refractivity contribution < 1.29 is 18.3 Å². The number of nitrogens with zero attached hydrogens (tertiary/aromatic N) is 1. The van der Waals surface area contributed by atoms with Gasteiger partial charge in [0.1, 0.15) is 18.2 Å². The standard InChI is InChI=1S/C19H18F2N2O2.ClH/c20-10-13(11-22)12-25-15-5-6-16-14(9-15)7-8-23(19(16)24)18-4-2-1-3-17(18)21;/h1-6,9-10H,7-8,11-12,22H2;1H/b13-10+;. The van der Waals surface area contributed by atoms with Gasteiger partial charge < -0.3 is 15.4 Å². The van der Waals surface area contributed by atoms with E-state index in [0.717, 1.165) is 5.56 Å². The number of halogens is 3. The second-order valence-electron chi connectivity index (χ2n) is 5.74. The molecule has 0 unspecified atom stereocenters. The number of nitrogens with two attached hydrogens (primary N) is 1. The lowest BCUT2D eigenvalue weighted by molar-refractivity contribution is 0.0979. The zero-order valence-electron chi connectivity index (χ0n) is 14.0. The van der Waals surface area contributed by atoms with Gasteiger partial charge >= 0.3 is 0 Å². The van der Waals surface area contributed by atoms with Gasteiger partial charge in [-0.05, 0) is 42.3 Å². The topological polar surface area (TPSA) is 55.6 Å². The largest absolute Gasteiger partial charge is 0.489 e. The molecule has 3 rings (SSSR count). The summed E-state index contributed by atoms with van der Waals surface area (Å²) in [5, 5.41) is 0. The molecule has 1 heterocycles. The number of anilines is 1. The number of amides is 1. The van der Waals surface area contributed by atoms with Crippen LogP contribution >= 0.6 is 12.4 Å². The van der Waals surface area contributed by atoms with Gasteiger partial charge in [-0.3, -0.25) is 4.79 Å². The average Bonchev–Trinajstić information content (AvgIpc) is 2.64. The molecule has 0 aliphatic carbocycles. The van der Waals surface area contributed by atoms with E-state index in [2.05, 4.69) is 0 Å². The molecule has 2 aromatic rings. The molecule has 1 aliphatic heterocycles. The Bertz CT molecular complexity index is 827. The summed E-state index contributed by atoms with van der Waals surface area (Å²) in [6.45, 7) is 0.521. The van der Waals surface area contributed by atoms with E-state index in [9.17, 15) is 13.6 Å². The molecule has 2 aromatic carbocycles.